The number of likely N-dealkylation sites (N-methyl/N-ethyl adjacent to an activating group) is 1. The maximum Gasteiger partial charge on any atom is 0.315 e. The molecule has 0 bridgehead atoms. The summed E-state index contributed by atoms with van der Waals surface area (Å²) in [7, 11) is 1.66. The van der Waals surface area contributed by atoms with Crippen LogP contribution in [0.3, 0.4) is 0 Å². The molecule has 1 amide bonds. The molecule has 0 N–H and O–H groups in total. The topological polar surface area (TPSA) is 46.6 Å². The summed E-state index contributed by atoms with van der Waals surface area (Å²) < 4.78 is 4.64. The van der Waals surface area contributed by atoms with Gasteiger partial charge in [-0.3, -0.25) is 9.59 Å². The highest BCUT2D eigenvalue weighted by atomic mass is 16.5. The van der Waals surface area contributed by atoms with Crippen LogP contribution < -0.4 is 0 Å². The largest absolute Gasteiger partial charge is 0.463 e. The van der Waals surface area contributed by atoms with Crippen molar-refractivity contribution in [2.45, 2.75) is 6.42 Å². The van der Waals surface area contributed by atoms with Crippen molar-refractivity contribution in [3.63, 3.8) is 0 Å². The fourth-order valence-corrected chi connectivity index (χ4v) is 0.731. The molecule has 0 aromatic rings. The molecule has 0 aromatic heterocycles. The fraction of sp³-hybridized carbons (Fsp3) is 0.667. The maximum absolute atomic E-state index is 10.8. The van der Waals surface area contributed by atoms with E-state index < -0.39 is 5.97 Å². The van der Waals surface area contributed by atoms with Crippen LogP contribution in [0.4, 0.5) is 0 Å². The minimum absolute atomic E-state index is 0.115. The Morgan fingerprint density at radius 1 is 1.50 bits per heavy atom. The third kappa shape index (κ3) is 1.46. The molecule has 0 spiro atoms. The summed E-state index contributed by atoms with van der Waals surface area (Å²) in [6.07, 6.45) is -0.115. The molecule has 1 rings (SSSR count). The van der Waals surface area contributed by atoms with Gasteiger partial charge in [-0.05, 0) is 0 Å². The van der Waals surface area contributed by atoms with Gasteiger partial charge < -0.3 is 9.64 Å². The maximum atomic E-state index is 10.8. The van der Waals surface area contributed by atoms with Crippen molar-refractivity contribution in [2.24, 2.45) is 0 Å². The van der Waals surface area contributed by atoms with Gasteiger partial charge in [-0.1, -0.05) is 0 Å². The van der Waals surface area contributed by atoms with Gasteiger partial charge in [-0.25, -0.2) is 0 Å². The lowest BCUT2D eigenvalue weighted by molar-refractivity contribution is -0.144. The summed E-state index contributed by atoms with van der Waals surface area (Å²) in [6, 6.07) is 0. The third-order valence-corrected chi connectivity index (χ3v) is 1.41. The van der Waals surface area contributed by atoms with Gasteiger partial charge in [0.05, 0.1) is 6.54 Å². The van der Waals surface area contributed by atoms with Crippen molar-refractivity contribution < 1.29 is 14.3 Å². The Bertz CT molecular complexity index is 166. The number of amides is 1. The molecule has 56 valence electrons. The van der Waals surface area contributed by atoms with E-state index >= 15 is 0 Å². The molecule has 0 saturated carbocycles. The Kier molecular flexibility index (Phi) is 1.89. The van der Waals surface area contributed by atoms with Crippen molar-refractivity contribution in [1.82, 2.24) is 4.90 Å². The predicted octanol–water partition coefficient (Wildman–Crippen LogP) is -0.608. The quantitative estimate of drug-likeness (QED) is 0.336. The number of carbonyl (C=O) groups excluding carboxylic acids is 2. The first-order valence-corrected chi connectivity index (χ1v) is 3.10. The average Bonchev–Trinajstić information content (AvgIpc) is 1.96. The number of cyclic esters (lactones) is 1. The highest BCUT2D eigenvalue weighted by Crippen LogP contribution is 1.98. The number of nitrogens with zero attached hydrogens (tertiary/aromatic N) is 1. The van der Waals surface area contributed by atoms with Crippen LogP contribution in [0.5, 0.6) is 0 Å². The van der Waals surface area contributed by atoms with E-state index in [2.05, 4.69) is 4.74 Å². The van der Waals surface area contributed by atoms with E-state index in [0.717, 1.165) is 0 Å². The molecule has 1 saturated heterocycles. The predicted molar refractivity (Wildman–Crippen MR) is 33.2 cm³/mol. The Balaban J connectivity index is 2.57. The molecule has 0 aliphatic carbocycles. The van der Waals surface area contributed by atoms with Gasteiger partial charge in [0.15, 0.2) is 0 Å². The molecule has 10 heavy (non-hydrogen) atoms. The second kappa shape index (κ2) is 2.68. The van der Waals surface area contributed by atoms with Crippen LogP contribution in [0.1, 0.15) is 6.42 Å². The van der Waals surface area contributed by atoms with E-state index in [-0.39, 0.29) is 12.3 Å². The van der Waals surface area contributed by atoms with Gasteiger partial charge in [0.25, 0.3) is 0 Å². The highest BCUT2D eigenvalue weighted by molar-refractivity contribution is 5.94. The van der Waals surface area contributed by atoms with Crippen LogP contribution in [-0.2, 0) is 14.3 Å². The lowest BCUT2D eigenvalue weighted by atomic mass is 10.4. The first-order valence-electron chi connectivity index (χ1n) is 3.10. The van der Waals surface area contributed by atoms with Crippen LogP contribution >= 0.6 is 0 Å². The Morgan fingerprint density at radius 3 is 2.90 bits per heavy atom. The molecular weight excluding hydrogens is 134 g/mol. The molecule has 1 heterocycles. The summed E-state index contributed by atoms with van der Waals surface area (Å²) in [4.78, 5) is 22.9. The molecule has 0 atom stereocenters. The van der Waals surface area contributed by atoms with E-state index in [1.165, 1.54) is 4.90 Å². The van der Waals surface area contributed by atoms with Crippen molar-refractivity contribution in [3.05, 3.63) is 0 Å². The van der Waals surface area contributed by atoms with Crippen LogP contribution in [0.2, 0.25) is 0 Å². The van der Waals surface area contributed by atoms with E-state index in [9.17, 15) is 9.59 Å². The third-order valence-electron chi connectivity index (χ3n) is 1.41. The first-order chi connectivity index (χ1) is 4.70. The zero-order valence-corrected chi connectivity index (χ0v) is 5.79. The lowest BCUT2D eigenvalue weighted by Gasteiger charge is -2.10. The van der Waals surface area contributed by atoms with Crippen LogP contribution in [0, 0.1) is 0 Å². The molecule has 4 heteroatoms. The minimum atomic E-state index is -0.422. The van der Waals surface area contributed by atoms with Crippen LogP contribution in [0.25, 0.3) is 0 Å². The summed E-state index contributed by atoms with van der Waals surface area (Å²) >= 11 is 0. The van der Waals surface area contributed by atoms with Crippen molar-refractivity contribution in [3.8, 4) is 0 Å². The molecule has 0 unspecified atom stereocenters. The number of esters is 1. The standard InChI is InChI=1S/C6H9NO3/c1-7-2-3-10-6(9)4-5(7)8/h2-4H2,1H3. The SMILES string of the molecule is CN1CCOC(=O)CC1=O. The summed E-state index contributed by atoms with van der Waals surface area (Å²) in [5.74, 6) is -0.586. The number of hydrogen-bond acceptors (Lipinski definition) is 3. The van der Waals surface area contributed by atoms with Gasteiger partial charge in [0.1, 0.15) is 13.0 Å². The van der Waals surface area contributed by atoms with E-state index in [1.54, 1.807) is 7.05 Å². The minimum Gasteiger partial charge on any atom is -0.463 e. The summed E-state index contributed by atoms with van der Waals surface area (Å²) in [6.45, 7) is 0.825. The number of rotatable bonds is 0. The van der Waals surface area contributed by atoms with E-state index in [1.807, 2.05) is 0 Å². The molecular formula is C6H9NO3. The van der Waals surface area contributed by atoms with E-state index in [0.29, 0.717) is 13.2 Å². The number of carbonyl (C=O) groups is 2. The normalized spacial score (nSPS) is 20.3. The average molecular weight is 143 g/mol. The highest BCUT2D eigenvalue weighted by Gasteiger charge is 2.18. The molecule has 1 fully saturated rings. The molecule has 1 aliphatic heterocycles. The zero-order valence-electron chi connectivity index (χ0n) is 5.79. The van der Waals surface area contributed by atoms with Crippen LogP contribution in [-0.4, -0.2) is 37.0 Å². The Labute approximate surface area is 58.8 Å². The Morgan fingerprint density at radius 2 is 2.20 bits per heavy atom. The second-order valence-electron chi connectivity index (χ2n) is 2.21. The van der Waals surface area contributed by atoms with Crippen molar-refractivity contribution >= 4 is 11.9 Å². The van der Waals surface area contributed by atoms with Gasteiger partial charge in [-0.2, -0.15) is 0 Å². The zero-order chi connectivity index (χ0) is 7.56. The lowest BCUT2D eigenvalue weighted by Crippen LogP contribution is -2.27. The Hall–Kier alpha value is -1.06. The molecule has 4 nitrogen and oxygen atoms in total. The monoisotopic (exact) mass is 143 g/mol. The van der Waals surface area contributed by atoms with Crippen LogP contribution in [0.15, 0.2) is 0 Å². The van der Waals surface area contributed by atoms with Crippen molar-refractivity contribution in [1.29, 1.82) is 0 Å². The van der Waals surface area contributed by atoms with Gasteiger partial charge in [-0.15, -0.1) is 0 Å². The molecule has 0 aromatic carbocycles. The van der Waals surface area contributed by atoms with Gasteiger partial charge in [0, 0.05) is 7.05 Å². The number of hydrogen-bond donors (Lipinski definition) is 0. The summed E-state index contributed by atoms with van der Waals surface area (Å²) in [5.41, 5.74) is 0. The van der Waals surface area contributed by atoms with E-state index in [4.69, 9.17) is 0 Å². The van der Waals surface area contributed by atoms with Gasteiger partial charge in [0.2, 0.25) is 5.91 Å². The smallest absolute Gasteiger partial charge is 0.315 e. The number of ether oxygens (including phenoxy) is 1. The molecule has 1 aliphatic rings. The second-order valence-corrected chi connectivity index (χ2v) is 2.21. The first kappa shape index (κ1) is 7.05. The summed E-state index contributed by atoms with van der Waals surface area (Å²) in [5, 5.41) is 0. The van der Waals surface area contributed by atoms with Crippen molar-refractivity contribution in [2.75, 3.05) is 20.2 Å². The van der Waals surface area contributed by atoms with Gasteiger partial charge >= 0.3 is 5.97 Å². The fourth-order valence-electron chi connectivity index (χ4n) is 0.731. The molecule has 0 radical (unpaired) electrons.